The Balaban J connectivity index is 1.37. The maximum absolute atomic E-state index is 4.49. The minimum atomic E-state index is 0.573. The highest BCUT2D eigenvalue weighted by molar-refractivity contribution is 5.21. The second kappa shape index (κ2) is 6.42. The Kier molecular flexibility index (Phi) is 4.14. The molecule has 3 heterocycles. The first-order chi connectivity index (χ1) is 11.3. The Morgan fingerprint density at radius 2 is 1.87 bits per heavy atom. The highest BCUT2D eigenvalue weighted by Gasteiger charge is 2.26. The Hall–Kier alpha value is -1.72. The summed E-state index contributed by atoms with van der Waals surface area (Å²) in [7, 11) is 0. The van der Waals surface area contributed by atoms with Gasteiger partial charge in [-0.3, -0.25) is 4.90 Å². The number of nitrogens with zero attached hydrogens (tertiary/aromatic N) is 4. The van der Waals surface area contributed by atoms with Crippen LogP contribution in [0.1, 0.15) is 41.5 Å². The van der Waals surface area contributed by atoms with Crippen LogP contribution in [0, 0.1) is 6.92 Å². The van der Waals surface area contributed by atoms with Crippen molar-refractivity contribution >= 4 is 0 Å². The molecule has 0 amide bonds. The van der Waals surface area contributed by atoms with Crippen LogP contribution in [0.5, 0.6) is 0 Å². The molecule has 5 heteroatoms. The molecule has 1 saturated heterocycles. The molecule has 0 spiro atoms. The number of likely N-dealkylation sites (tertiary alicyclic amines) is 1. The van der Waals surface area contributed by atoms with E-state index in [0.717, 1.165) is 45.1 Å². The number of aryl methyl sites for hydroxylation is 1. The van der Waals surface area contributed by atoms with Crippen LogP contribution in [-0.4, -0.2) is 39.3 Å². The lowest BCUT2D eigenvalue weighted by molar-refractivity contribution is 0.199. The van der Waals surface area contributed by atoms with Crippen LogP contribution in [0.4, 0.5) is 0 Å². The Bertz CT molecular complexity index is 653. The molecule has 2 aliphatic heterocycles. The van der Waals surface area contributed by atoms with Crippen LogP contribution >= 0.6 is 0 Å². The van der Waals surface area contributed by atoms with Gasteiger partial charge in [-0.05, 0) is 38.4 Å². The summed E-state index contributed by atoms with van der Waals surface area (Å²) in [4.78, 5) is 2.57. The fraction of sp³-hybridized carbons (Fsp3) is 0.556. The number of hydrogen-bond acceptors (Lipinski definition) is 4. The first-order valence-corrected chi connectivity index (χ1v) is 8.70. The summed E-state index contributed by atoms with van der Waals surface area (Å²) < 4.78 is 2.34. The number of nitrogens with one attached hydrogen (secondary N) is 1. The number of fused-ring (bicyclic) bond motifs is 1. The minimum Gasteiger partial charge on any atom is -0.312 e. The molecule has 1 fully saturated rings. The van der Waals surface area contributed by atoms with Crippen LogP contribution in [0.25, 0.3) is 0 Å². The second-order valence-corrected chi connectivity index (χ2v) is 6.84. The van der Waals surface area contributed by atoms with Crippen molar-refractivity contribution < 1.29 is 0 Å². The van der Waals surface area contributed by atoms with Crippen molar-refractivity contribution in [2.75, 3.05) is 19.6 Å². The molecular formula is C18H25N5. The zero-order valence-corrected chi connectivity index (χ0v) is 13.8. The van der Waals surface area contributed by atoms with Crippen molar-refractivity contribution in [2.45, 2.75) is 45.3 Å². The molecule has 2 aliphatic rings. The van der Waals surface area contributed by atoms with Crippen molar-refractivity contribution in [3.8, 4) is 0 Å². The van der Waals surface area contributed by atoms with E-state index in [1.807, 2.05) is 0 Å². The van der Waals surface area contributed by atoms with Gasteiger partial charge in [-0.1, -0.05) is 29.8 Å². The van der Waals surface area contributed by atoms with Crippen LogP contribution in [-0.2, 0) is 19.6 Å². The predicted molar refractivity (Wildman–Crippen MR) is 90.2 cm³/mol. The summed E-state index contributed by atoms with van der Waals surface area (Å²) in [6, 6.07) is 8.92. The van der Waals surface area contributed by atoms with Crippen LogP contribution in [0.3, 0.4) is 0 Å². The summed E-state index contributed by atoms with van der Waals surface area (Å²) in [5.74, 6) is 2.90. The van der Waals surface area contributed by atoms with E-state index < -0.39 is 0 Å². The summed E-state index contributed by atoms with van der Waals surface area (Å²) >= 11 is 0. The standard InChI is InChI=1S/C18H25N5/c1-14-2-4-15(5-3-14)13-22-9-6-16(7-10-22)18-21-20-17-12-19-8-11-23(17)18/h2-5,16,19H,6-13H2,1H3. The van der Waals surface area contributed by atoms with Gasteiger partial charge >= 0.3 is 0 Å². The molecule has 1 aromatic heterocycles. The number of piperidine rings is 1. The van der Waals surface area contributed by atoms with Gasteiger partial charge in [-0.15, -0.1) is 10.2 Å². The first kappa shape index (κ1) is 14.8. The van der Waals surface area contributed by atoms with Gasteiger partial charge in [-0.25, -0.2) is 0 Å². The summed E-state index contributed by atoms with van der Waals surface area (Å²) in [6.07, 6.45) is 2.38. The zero-order valence-electron chi connectivity index (χ0n) is 13.8. The van der Waals surface area contributed by atoms with Crippen molar-refractivity contribution in [3.63, 3.8) is 0 Å². The van der Waals surface area contributed by atoms with Crippen molar-refractivity contribution in [1.29, 1.82) is 0 Å². The molecule has 23 heavy (non-hydrogen) atoms. The fourth-order valence-electron chi connectivity index (χ4n) is 3.72. The largest absolute Gasteiger partial charge is 0.312 e. The molecule has 1 N–H and O–H groups in total. The van der Waals surface area contributed by atoms with Gasteiger partial charge in [0.15, 0.2) is 0 Å². The van der Waals surface area contributed by atoms with E-state index in [2.05, 4.69) is 56.2 Å². The van der Waals surface area contributed by atoms with Gasteiger partial charge in [0, 0.05) is 25.6 Å². The quantitative estimate of drug-likeness (QED) is 0.942. The molecule has 5 nitrogen and oxygen atoms in total. The fourth-order valence-corrected chi connectivity index (χ4v) is 3.72. The molecule has 0 bridgehead atoms. The molecule has 0 saturated carbocycles. The van der Waals surface area contributed by atoms with Gasteiger partial charge < -0.3 is 9.88 Å². The van der Waals surface area contributed by atoms with Gasteiger partial charge in [0.2, 0.25) is 0 Å². The third kappa shape index (κ3) is 3.16. The molecule has 0 radical (unpaired) electrons. The molecule has 4 rings (SSSR count). The lowest BCUT2D eigenvalue weighted by Crippen LogP contribution is -2.34. The SMILES string of the molecule is Cc1ccc(CN2CCC(c3nnc4n3CCNC4)CC2)cc1. The van der Waals surface area contributed by atoms with Crippen LogP contribution in [0.2, 0.25) is 0 Å². The molecule has 0 atom stereocenters. The smallest absolute Gasteiger partial charge is 0.147 e. The lowest BCUT2D eigenvalue weighted by Gasteiger charge is -2.32. The number of benzene rings is 1. The topological polar surface area (TPSA) is 46.0 Å². The Morgan fingerprint density at radius 3 is 2.65 bits per heavy atom. The normalized spacial score (nSPS) is 19.7. The van der Waals surface area contributed by atoms with E-state index in [9.17, 15) is 0 Å². The van der Waals surface area contributed by atoms with Gasteiger partial charge in [-0.2, -0.15) is 0 Å². The zero-order chi connectivity index (χ0) is 15.6. The number of rotatable bonds is 3. The lowest BCUT2D eigenvalue weighted by atomic mass is 9.95. The Labute approximate surface area is 137 Å². The van der Waals surface area contributed by atoms with Gasteiger partial charge in [0.1, 0.15) is 11.6 Å². The van der Waals surface area contributed by atoms with E-state index in [1.54, 1.807) is 0 Å². The molecule has 122 valence electrons. The third-order valence-corrected chi connectivity index (χ3v) is 5.13. The van der Waals surface area contributed by atoms with Gasteiger partial charge in [0.25, 0.3) is 0 Å². The van der Waals surface area contributed by atoms with Crippen LogP contribution in [0.15, 0.2) is 24.3 Å². The predicted octanol–water partition coefficient (Wildman–Crippen LogP) is 2.07. The highest BCUT2D eigenvalue weighted by Crippen LogP contribution is 2.28. The van der Waals surface area contributed by atoms with Crippen LogP contribution < -0.4 is 5.32 Å². The number of aromatic nitrogens is 3. The van der Waals surface area contributed by atoms with Crippen molar-refractivity contribution in [1.82, 2.24) is 25.0 Å². The third-order valence-electron chi connectivity index (χ3n) is 5.13. The van der Waals surface area contributed by atoms with Gasteiger partial charge in [0.05, 0.1) is 6.54 Å². The number of hydrogen-bond donors (Lipinski definition) is 1. The summed E-state index contributed by atoms with van der Waals surface area (Å²) in [6.45, 7) is 8.42. The molecule has 2 aromatic rings. The average molecular weight is 311 g/mol. The molecule has 0 aliphatic carbocycles. The van der Waals surface area contributed by atoms with Crippen molar-refractivity contribution in [2.24, 2.45) is 0 Å². The maximum Gasteiger partial charge on any atom is 0.147 e. The second-order valence-electron chi connectivity index (χ2n) is 6.84. The van der Waals surface area contributed by atoms with E-state index in [1.165, 1.54) is 29.8 Å². The van der Waals surface area contributed by atoms with E-state index in [0.29, 0.717) is 5.92 Å². The van der Waals surface area contributed by atoms with Crippen molar-refractivity contribution in [3.05, 3.63) is 47.0 Å². The molecule has 0 unspecified atom stereocenters. The Morgan fingerprint density at radius 1 is 1.09 bits per heavy atom. The van der Waals surface area contributed by atoms with E-state index in [-0.39, 0.29) is 0 Å². The maximum atomic E-state index is 4.49. The summed E-state index contributed by atoms with van der Waals surface area (Å²) in [5.41, 5.74) is 2.75. The highest BCUT2D eigenvalue weighted by atomic mass is 15.3. The summed E-state index contributed by atoms with van der Waals surface area (Å²) in [5, 5.41) is 12.2. The van der Waals surface area contributed by atoms with E-state index in [4.69, 9.17) is 0 Å². The average Bonchev–Trinajstić information content (AvgIpc) is 3.02. The van der Waals surface area contributed by atoms with E-state index >= 15 is 0 Å². The minimum absolute atomic E-state index is 0.573. The molecular weight excluding hydrogens is 286 g/mol. The first-order valence-electron chi connectivity index (χ1n) is 8.70. The molecule has 1 aromatic carbocycles. The monoisotopic (exact) mass is 311 g/mol.